The summed E-state index contributed by atoms with van der Waals surface area (Å²) in [5.41, 5.74) is 0. The van der Waals surface area contributed by atoms with Crippen molar-refractivity contribution in [1.29, 1.82) is 0 Å². The van der Waals surface area contributed by atoms with Crippen LogP contribution in [0.5, 0.6) is 0 Å². The summed E-state index contributed by atoms with van der Waals surface area (Å²) >= 11 is 0. The van der Waals surface area contributed by atoms with E-state index in [1.165, 1.54) is 0 Å². The van der Waals surface area contributed by atoms with Gasteiger partial charge in [-0.2, -0.15) is 0 Å². The number of aliphatic hydroxyl groups is 1. The van der Waals surface area contributed by atoms with Crippen LogP contribution in [0.25, 0.3) is 0 Å². The molecule has 1 fully saturated rings. The molecule has 3 atom stereocenters. The van der Waals surface area contributed by atoms with Gasteiger partial charge in [0.05, 0.1) is 18.8 Å². The lowest BCUT2D eigenvalue weighted by Crippen LogP contribution is -2.27. The molecule has 60 valence electrons. The number of epoxide rings is 1. The fraction of sp³-hybridized carbons (Fsp3) is 1.00. The Morgan fingerprint density at radius 2 is 1.90 bits per heavy atom. The molecule has 1 N–H and O–H groups in total. The van der Waals surface area contributed by atoms with Gasteiger partial charge in [0.1, 0.15) is 0 Å². The summed E-state index contributed by atoms with van der Waals surface area (Å²) < 4.78 is 5.13. The maximum Gasteiger partial charge on any atom is 0.0865 e. The van der Waals surface area contributed by atoms with E-state index in [2.05, 4.69) is 13.8 Å². The zero-order chi connectivity index (χ0) is 7.72. The lowest BCUT2D eigenvalue weighted by Gasteiger charge is -2.21. The fourth-order valence-corrected chi connectivity index (χ4v) is 1.57. The van der Waals surface area contributed by atoms with Crippen molar-refractivity contribution in [1.82, 2.24) is 0 Å². The summed E-state index contributed by atoms with van der Waals surface area (Å²) in [6.07, 6.45) is 0.104. The van der Waals surface area contributed by atoms with Gasteiger partial charge in [-0.05, 0) is 12.8 Å². The van der Waals surface area contributed by atoms with Gasteiger partial charge in [0.15, 0.2) is 0 Å². The molecule has 1 aliphatic heterocycles. The SMILES string of the molecule is CC(C)C(C(C)O)C1CO1. The second kappa shape index (κ2) is 2.89. The topological polar surface area (TPSA) is 32.8 Å². The molecule has 0 aromatic heterocycles. The Hall–Kier alpha value is -0.0800. The van der Waals surface area contributed by atoms with Crippen LogP contribution in [-0.2, 0) is 4.74 Å². The third kappa shape index (κ3) is 1.70. The van der Waals surface area contributed by atoms with Crippen molar-refractivity contribution < 1.29 is 9.84 Å². The first-order chi connectivity index (χ1) is 4.63. The highest BCUT2D eigenvalue weighted by molar-refractivity contribution is 4.84. The number of rotatable bonds is 3. The Labute approximate surface area is 62.2 Å². The van der Waals surface area contributed by atoms with Crippen molar-refractivity contribution in [2.24, 2.45) is 11.8 Å². The Morgan fingerprint density at radius 1 is 1.40 bits per heavy atom. The molecule has 0 aromatic carbocycles. The predicted octanol–water partition coefficient (Wildman–Crippen LogP) is 1.04. The van der Waals surface area contributed by atoms with Crippen molar-refractivity contribution >= 4 is 0 Å². The molecule has 10 heavy (non-hydrogen) atoms. The van der Waals surface area contributed by atoms with Gasteiger partial charge in [-0.15, -0.1) is 0 Å². The molecule has 1 heterocycles. The van der Waals surface area contributed by atoms with Crippen LogP contribution in [0.15, 0.2) is 0 Å². The Bertz CT molecular complexity index is 95.1. The first-order valence-corrected chi connectivity index (χ1v) is 3.92. The monoisotopic (exact) mass is 144 g/mol. The maximum atomic E-state index is 9.31. The van der Waals surface area contributed by atoms with Gasteiger partial charge in [0.2, 0.25) is 0 Å². The largest absolute Gasteiger partial charge is 0.393 e. The van der Waals surface area contributed by atoms with Crippen LogP contribution >= 0.6 is 0 Å². The average Bonchev–Trinajstić information content (AvgIpc) is 2.46. The molecule has 2 nitrogen and oxygen atoms in total. The van der Waals surface area contributed by atoms with Gasteiger partial charge in [-0.1, -0.05) is 13.8 Å². The van der Waals surface area contributed by atoms with Crippen LogP contribution in [0, 0.1) is 11.8 Å². The zero-order valence-corrected chi connectivity index (χ0v) is 6.87. The minimum atomic E-state index is -0.229. The molecule has 2 heteroatoms. The standard InChI is InChI=1S/C8H16O2/c1-5(2)8(6(3)9)7-4-10-7/h5-9H,4H2,1-3H3. The number of aliphatic hydroxyl groups excluding tert-OH is 1. The molecule has 0 saturated carbocycles. The highest BCUT2D eigenvalue weighted by Gasteiger charge is 2.37. The summed E-state index contributed by atoms with van der Waals surface area (Å²) in [6.45, 7) is 6.93. The van der Waals surface area contributed by atoms with Gasteiger partial charge >= 0.3 is 0 Å². The van der Waals surface area contributed by atoms with Crippen molar-refractivity contribution in [3.63, 3.8) is 0 Å². The second-order valence-electron chi connectivity index (χ2n) is 3.43. The maximum absolute atomic E-state index is 9.31. The van der Waals surface area contributed by atoms with E-state index in [9.17, 15) is 5.11 Å². The minimum absolute atomic E-state index is 0.229. The molecule has 1 aliphatic rings. The molecule has 0 aliphatic carbocycles. The van der Waals surface area contributed by atoms with Crippen LogP contribution in [0.2, 0.25) is 0 Å². The van der Waals surface area contributed by atoms with E-state index in [4.69, 9.17) is 4.74 Å². The van der Waals surface area contributed by atoms with Crippen molar-refractivity contribution in [3.8, 4) is 0 Å². The number of ether oxygens (including phenoxy) is 1. The average molecular weight is 144 g/mol. The van der Waals surface area contributed by atoms with Crippen LogP contribution in [0.1, 0.15) is 20.8 Å². The highest BCUT2D eigenvalue weighted by Crippen LogP contribution is 2.29. The molecule has 0 bridgehead atoms. The third-order valence-corrected chi connectivity index (χ3v) is 2.12. The molecule has 0 radical (unpaired) electrons. The van der Waals surface area contributed by atoms with E-state index in [1.54, 1.807) is 0 Å². The van der Waals surface area contributed by atoms with Gasteiger partial charge < -0.3 is 9.84 Å². The Balaban J connectivity index is 2.41. The van der Waals surface area contributed by atoms with Crippen LogP contribution in [-0.4, -0.2) is 23.9 Å². The van der Waals surface area contributed by atoms with Crippen LogP contribution < -0.4 is 0 Å². The quantitative estimate of drug-likeness (QED) is 0.600. The first kappa shape index (κ1) is 8.02. The summed E-state index contributed by atoms with van der Waals surface area (Å²) in [5, 5.41) is 9.31. The van der Waals surface area contributed by atoms with E-state index in [0.29, 0.717) is 17.9 Å². The van der Waals surface area contributed by atoms with Crippen LogP contribution in [0.4, 0.5) is 0 Å². The first-order valence-electron chi connectivity index (χ1n) is 3.92. The van der Waals surface area contributed by atoms with Gasteiger partial charge in [0.25, 0.3) is 0 Å². The highest BCUT2D eigenvalue weighted by atomic mass is 16.6. The van der Waals surface area contributed by atoms with Crippen molar-refractivity contribution in [3.05, 3.63) is 0 Å². The molecular formula is C8H16O2. The van der Waals surface area contributed by atoms with E-state index in [1.807, 2.05) is 6.92 Å². The smallest absolute Gasteiger partial charge is 0.0865 e. The molecule has 3 unspecified atom stereocenters. The van der Waals surface area contributed by atoms with Crippen molar-refractivity contribution in [2.75, 3.05) is 6.61 Å². The van der Waals surface area contributed by atoms with E-state index >= 15 is 0 Å². The van der Waals surface area contributed by atoms with Gasteiger partial charge in [-0.3, -0.25) is 0 Å². The lowest BCUT2D eigenvalue weighted by molar-refractivity contribution is 0.0772. The molecule has 0 aromatic rings. The zero-order valence-electron chi connectivity index (χ0n) is 6.87. The minimum Gasteiger partial charge on any atom is -0.393 e. The second-order valence-corrected chi connectivity index (χ2v) is 3.43. The summed E-state index contributed by atoms with van der Waals surface area (Å²) in [4.78, 5) is 0. The van der Waals surface area contributed by atoms with Crippen molar-refractivity contribution in [2.45, 2.75) is 33.0 Å². The van der Waals surface area contributed by atoms with E-state index in [0.717, 1.165) is 6.61 Å². The molecule has 1 saturated heterocycles. The Morgan fingerprint density at radius 3 is 2.00 bits per heavy atom. The fourth-order valence-electron chi connectivity index (χ4n) is 1.57. The molecule has 1 rings (SSSR count). The summed E-state index contributed by atoms with van der Waals surface area (Å²) in [7, 11) is 0. The van der Waals surface area contributed by atoms with Crippen LogP contribution in [0.3, 0.4) is 0 Å². The normalized spacial score (nSPS) is 30.3. The predicted molar refractivity (Wildman–Crippen MR) is 39.7 cm³/mol. The summed E-state index contributed by atoms with van der Waals surface area (Å²) in [5.74, 6) is 0.854. The molecule has 0 amide bonds. The number of hydrogen-bond acceptors (Lipinski definition) is 2. The number of hydrogen-bond donors (Lipinski definition) is 1. The van der Waals surface area contributed by atoms with E-state index in [-0.39, 0.29) is 6.10 Å². The third-order valence-electron chi connectivity index (χ3n) is 2.12. The van der Waals surface area contributed by atoms with E-state index < -0.39 is 0 Å². The summed E-state index contributed by atoms with van der Waals surface area (Å²) in [6, 6.07) is 0. The van der Waals surface area contributed by atoms with Gasteiger partial charge in [-0.25, -0.2) is 0 Å². The Kier molecular flexibility index (Phi) is 2.32. The lowest BCUT2D eigenvalue weighted by atomic mass is 9.88. The molecular weight excluding hydrogens is 128 g/mol. The van der Waals surface area contributed by atoms with Gasteiger partial charge in [0, 0.05) is 5.92 Å². The molecule has 0 spiro atoms.